The molecule has 0 aromatic heterocycles. The van der Waals surface area contributed by atoms with E-state index >= 15 is 0 Å². The Kier molecular flexibility index (Phi) is 3.94. The molecule has 1 heterocycles. The van der Waals surface area contributed by atoms with Gasteiger partial charge >= 0.3 is 18.4 Å². The molecular formula is C5H12N4O5PS+. The first-order chi connectivity index (χ1) is 7.25. The van der Waals surface area contributed by atoms with Gasteiger partial charge in [0.15, 0.2) is 0 Å². The van der Waals surface area contributed by atoms with E-state index in [1.807, 2.05) is 0 Å². The van der Waals surface area contributed by atoms with Gasteiger partial charge in [-0.15, -0.1) is 4.67 Å². The number of nitrogens with two attached hydrogens (primary N) is 2. The van der Waals surface area contributed by atoms with Crippen molar-refractivity contribution in [1.29, 1.82) is 0 Å². The highest BCUT2D eigenvalue weighted by atomic mass is 32.2. The van der Waals surface area contributed by atoms with Gasteiger partial charge in [0.05, 0.1) is 12.6 Å². The standard InChI is InChI=1S/C5H11N4O5PS/c6-4-2-1-3-8(5(4)10)15(11)9(7)16(12,13)14/h4H,1-3,6-7H2/p+1/t4-/m0/s1. The Hall–Kier alpha value is -0.640. The zero-order valence-electron chi connectivity index (χ0n) is 8.18. The molecule has 0 bridgehead atoms. The van der Waals surface area contributed by atoms with Crippen LogP contribution in [-0.4, -0.2) is 40.3 Å². The van der Waals surface area contributed by atoms with E-state index in [2.05, 4.69) is 0 Å². The number of carbonyl (C=O) groups excluding carboxylic acids is 1. The third kappa shape index (κ3) is 2.73. The molecule has 0 spiro atoms. The lowest BCUT2D eigenvalue weighted by Gasteiger charge is -2.21. The fraction of sp³-hybridized carbons (Fsp3) is 0.800. The molecule has 11 heteroatoms. The molecule has 1 aliphatic heterocycles. The zero-order chi connectivity index (χ0) is 12.5. The van der Waals surface area contributed by atoms with Gasteiger partial charge in [-0.05, 0) is 17.4 Å². The van der Waals surface area contributed by atoms with Gasteiger partial charge < -0.3 is 5.73 Å². The van der Waals surface area contributed by atoms with Crippen LogP contribution in [0, 0.1) is 0 Å². The van der Waals surface area contributed by atoms with Crippen LogP contribution in [0.1, 0.15) is 12.8 Å². The molecule has 5 N–H and O–H groups in total. The first-order valence-corrected chi connectivity index (χ1v) is 6.88. The third-order valence-corrected chi connectivity index (χ3v) is 4.73. The van der Waals surface area contributed by atoms with Crippen molar-refractivity contribution in [1.82, 2.24) is 8.86 Å². The van der Waals surface area contributed by atoms with E-state index in [-0.39, 0.29) is 10.7 Å². The molecular weight excluding hydrogens is 259 g/mol. The van der Waals surface area contributed by atoms with Gasteiger partial charge in [0.25, 0.3) is 5.91 Å². The van der Waals surface area contributed by atoms with Gasteiger partial charge in [-0.2, -0.15) is 8.42 Å². The number of hydrazine groups is 1. The lowest BCUT2D eigenvalue weighted by Crippen LogP contribution is -2.47. The molecule has 1 amide bonds. The van der Waals surface area contributed by atoms with Crippen LogP contribution in [0.2, 0.25) is 0 Å². The maximum Gasteiger partial charge on any atom is 0.602 e. The molecule has 9 nitrogen and oxygen atoms in total. The van der Waals surface area contributed by atoms with E-state index < -0.39 is 30.4 Å². The first-order valence-electron chi connectivity index (χ1n) is 4.31. The molecule has 92 valence electrons. The summed E-state index contributed by atoms with van der Waals surface area (Å²) in [7, 11) is -7.69. The highest BCUT2D eigenvalue weighted by molar-refractivity contribution is 7.88. The summed E-state index contributed by atoms with van der Waals surface area (Å²) in [4.78, 5) is 11.5. The Morgan fingerprint density at radius 1 is 1.56 bits per heavy atom. The average molecular weight is 271 g/mol. The highest BCUT2D eigenvalue weighted by Gasteiger charge is 2.47. The van der Waals surface area contributed by atoms with Crippen LogP contribution in [0.15, 0.2) is 0 Å². The van der Waals surface area contributed by atoms with Crippen molar-refractivity contribution >= 4 is 24.3 Å². The molecule has 2 atom stereocenters. The van der Waals surface area contributed by atoms with Crippen LogP contribution in [0.3, 0.4) is 0 Å². The SMILES string of the molecule is N[C@H]1CCCN([P+](=O)N(N)S(=O)(=O)O)C1=O. The van der Waals surface area contributed by atoms with E-state index in [9.17, 15) is 17.8 Å². The number of nitrogens with zero attached hydrogens (tertiary/aromatic N) is 2. The van der Waals surface area contributed by atoms with Gasteiger partial charge in [-0.1, -0.05) is 0 Å². The Labute approximate surface area is 93.1 Å². The molecule has 0 aromatic rings. The maximum atomic E-state index is 11.6. The summed E-state index contributed by atoms with van der Waals surface area (Å²) in [6.45, 7) is 0.0883. The summed E-state index contributed by atoms with van der Waals surface area (Å²) in [5.74, 6) is 4.26. The number of carbonyl (C=O) groups is 1. The Morgan fingerprint density at radius 2 is 2.12 bits per heavy atom. The van der Waals surface area contributed by atoms with Crippen LogP contribution in [0.25, 0.3) is 0 Å². The van der Waals surface area contributed by atoms with Crippen molar-refractivity contribution in [3.8, 4) is 0 Å². The minimum absolute atomic E-state index is 0.0883. The lowest BCUT2D eigenvalue weighted by molar-refractivity contribution is -0.129. The van der Waals surface area contributed by atoms with E-state index in [1.54, 1.807) is 0 Å². The largest absolute Gasteiger partial charge is 0.602 e. The summed E-state index contributed by atoms with van der Waals surface area (Å²) < 4.78 is 41.8. The maximum absolute atomic E-state index is 11.6. The van der Waals surface area contributed by atoms with Gasteiger partial charge in [-0.25, -0.2) is 5.84 Å². The summed E-state index contributed by atoms with van der Waals surface area (Å²) in [5, 5.41) is 0. The van der Waals surface area contributed by atoms with Gasteiger partial charge in [0, 0.05) is 0 Å². The molecule has 1 fully saturated rings. The predicted molar refractivity (Wildman–Crippen MR) is 54.1 cm³/mol. The van der Waals surface area contributed by atoms with E-state index in [4.69, 9.17) is 16.1 Å². The molecule has 1 aliphatic rings. The fourth-order valence-electron chi connectivity index (χ4n) is 1.25. The number of piperidine rings is 1. The van der Waals surface area contributed by atoms with Crippen LogP contribution in [0.5, 0.6) is 0 Å². The normalized spacial score (nSPS) is 23.8. The number of amides is 1. The van der Waals surface area contributed by atoms with Gasteiger partial charge in [0.2, 0.25) is 0 Å². The topological polar surface area (TPSA) is 147 Å². The second kappa shape index (κ2) is 4.70. The number of rotatable bonds is 3. The molecule has 1 saturated heterocycles. The quantitative estimate of drug-likeness (QED) is 0.247. The average Bonchev–Trinajstić information content (AvgIpc) is 2.18. The molecule has 0 aliphatic carbocycles. The van der Waals surface area contributed by atoms with Crippen molar-refractivity contribution in [3.05, 3.63) is 0 Å². The Bertz CT molecular complexity index is 411. The predicted octanol–water partition coefficient (Wildman–Crippen LogP) is -1.43. The summed E-state index contributed by atoms with van der Waals surface area (Å²) >= 11 is 0. The fourth-order valence-corrected chi connectivity index (χ4v) is 3.06. The monoisotopic (exact) mass is 271 g/mol. The van der Waals surface area contributed by atoms with E-state index in [1.165, 1.54) is 0 Å². The zero-order valence-corrected chi connectivity index (χ0v) is 9.89. The van der Waals surface area contributed by atoms with Crippen LogP contribution < -0.4 is 11.6 Å². The van der Waals surface area contributed by atoms with Crippen molar-refractivity contribution in [3.63, 3.8) is 0 Å². The van der Waals surface area contributed by atoms with Gasteiger partial charge in [-0.3, -0.25) is 9.35 Å². The van der Waals surface area contributed by atoms with Crippen molar-refractivity contribution in [2.24, 2.45) is 11.6 Å². The molecule has 1 rings (SSSR count). The third-order valence-electron chi connectivity index (χ3n) is 2.07. The summed E-state index contributed by atoms with van der Waals surface area (Å²) in [6, 6.07) is -0.817. The van der Waals surface area contributed by atoms with E-state index in [0.717, 1.165) is 4.67 Å². The van der Waals surface area contributed by atoms with Crippen molar-refractivity contribution in [2.45, 2.75) is 18.9 Å². The van der Waals surface area contributed by atoms with Crippen LogP contribution in [0.4, 0.5) is 0 Å². The molecule has 16 heavy (non-hydrogen) atoms. The minimum Gasteiger partial charge on any atom is -0.320 e. The highest BCUT2D eigenvalue weighted by Crippen LogP contribution is 2.34. The lowest BCUT2D eigenvalue weighted by atomic mass is 10.1. The molecule has 0 aromatic carbocycles. The number of hydrogen-bond acceptors (Lipinski definition) is 6. The van der Waals surface area contributed by atoms with Crippen LogP contribution >= 0.6 is 8.10 Å². The molecule has 0 saturated carbocycles. The molecule has 0 radical (unpaired) electrons. The minimum atomic E-state index is -4.80. The summed E-state index contributed by atoms with van der Waals surface area (Å²) in [6.07, 6.45) is 0.933. The second-order valence-electron chi connectivity index (χ2n) is 3.21. The smallest absolute Gasteiger partial charge is 0.320 e. The summed E-state index contributed by atoms with van der Waals surface area (Å²) in [5.41, 5.74) is 5.42. The van der Waals surface area contributed by atoms with Gasteiger partial charge in [0.1, 0.15) is 4.18 Å². The Morgan fingerprint density at radius 3 is 2.62 bits per heavy atom. The number of hydrogen-bond donors (Lipinski definition) is 3. The van der Waals surface area contributed by atoms with E-state index in [0.29, 0.717) is 12.8 Å². The van der Waals surface area contributed by atoms with Crippen molar-refractivity contribution < 1.29 is 22.3 Å². The molecule has 1 unspecified atom stereocenters. The second-order valence-corrected chi connectivity index (χ2v) is 6.19. The first kappa shape index (κ1) is 13.4. The Balaban J connectivity index is 2.85. The van der Waals surface area contributed by atoms with Crippen LogP contribution in [-0.2, 0) is 19.7 Å². The van der Waals surface area contributed by atoms with Crippen molar-refractivity contribution in [2.75, 3.05) is 6.54 Å².